The van der Waals surface area contributed by atoms with E-state index >= 15 is 0 Å². The molecule has 0 unspecified atom stereocenters. The number of nitrogens with zero attached hydrogens (tertiary/aromatic N) is 1. The summed E-state index contributed by atoms with van der Waals surface area (Å²) in [4.78, 5) is 0. The molecule has 0 aliphatic rings. The van der Waals surface area contributed by atoms with Gasteiger partial charge in [-0.25, -0.2) is 5.53 Å². The van der Waals surface area contributed by atoms with Gasteiger partial charge >= 0.3 is 0 Å². The lowest BCUT2D eigenvalue weighted by molar-refractivity contribution is 1.16. The molecule has 0 saturated heterocycles. The monoisotopic (exact) mass is 71.0 g/mol. The molecule has 0 bridgehead atoms. The minimum absolute atomic E-state index is 0.0463. The van der Waals surface area contributed by atoms with Crippen LogP contribution in [0.5, 0.6) is 0 Å². The molecule has 0 radical (unpaired) electrons. The molecule has 3 heteroatoms. The van der Waals surface area contributed by atoms with Gasteiger partial charge < -0.3 is 0 Å². The number of rotatable bonds is 0. The average Bonchev–Trinajstić information content (AvgIpc) is 1.38. The highest BCUT2D eigenvalue weighted by Gasteiger charge is 1.66. The van der Waals surface area contributed by atoms with Crippen molar-refractivity contribution < 1.29 is 0 Å². The van der Waals surface area contributed by atoms with Crippen LogP contribution in [0, 0.1) is 10.9 Å². The number of hydrogen-bond donors (Lipinski definition) is 2. The third-order valence-corrected chi connectivity index (χ3v) is 0.168. The summed E-state index contributed by atoms with van der Waals surface area (Å²) in [7, 11) is 0. The van der Waals surface area contributed by atoms with E-state index in [1.54, 1.807) is 0 Å². The van der Waals surface area contributed by atoms with Crippen molar-refractivity contribution in [3.05, 3.63) is 0 Å². The van der Waals surface area contributed by atoms with Crippen LogP contribution in [0.15, 0.2) is 5.11 Å². The first-order chi connectivity index (χ1) is 2.27. The van der Waals surface area contributed by atoms with Crippen molar-refractivity contribution in [3.8, 4) is 0 Å². The maximum atomic E-state index is 6.39. The third-order valence-electron chi connectivity index (χ3n) is 0.168. The van der Waals surface area contributed by atoms with Crippen molar-refractivity contribution in [3.63, 3.8) is 0 Å². The molecule has 0 atom stereocenters. The van der Waals surface area contributed by atoms with Crippen LogP contribution in [0.3, 0.4) is 0 Å². The molecule has 0 fully saturated rings. The maximum Gasteiger partial charge on any atom is 0.139 e. The van der Waals surface area contributed by atoms with Crippen LogP contribution in [0.4, 0.5) is 0 Å². The second kappa shape index (κ2) is 1.58. The number of nitrogens with one attached hydrogen (secondary N) is 2. The fourth-order valence-electron chi connectivity index (χ4n) is 0. The summed E-state index contributed by atoms with van der Waals surface area (Å²) in [5, 5.41) is 9.11. The predicted molar refractivity (Wildman–Crippen MR) is 18.5 cm³/mol. The molecule has 5 heavy (non-hydrogen) atoms. The van der Waals surface area contributed by atoms with Gasteiger partial charge in [0.05, 0.1) is 0 Å². The van der Waals surface area contributed by atoms with E-state index in [0.29, 0.717) is 0 Å². The quantitative estimate of drug-likeness (QED) is 0.243. The summed E-state index contributed by atoms with van der Waals surface area (Å²) in [6.45, 7) is 1.45. The minimum Gasteiger partial charge on any atom is -0.285 e. The Kier molecular flexibility index (Phi) is 1.35. The van der Waals surface area contributed by atoms with Gasteiger partial charge in [0.1, 0.15) is 5.84 Å². The van der Waals surface area contributed by atoms with Gasteiger partial charge in [-0.1, -0.05) is 0 Å². The molecule has 2 N–H and O–H groups in total. The minimum atomic E-state index is 0.0463. The van der Waals surface area contributed by atoms with Gasteiger partial charge in [-0.2, -0.15) is 0 Å². The molecule has 0 rings (SSSR count). The standard InChI is InChI=1S/C2H5N3/c1-2(3)5-4/h3-4H,1H3. The Labute approximate surface area is 30.0 Å². The zero-order valence-corrected chi connectivity index (χ0v) is 2.95. The molecule has 0 aliphatic heterocycles. The van der Waals surface area contributed by atoms with Crippen molar-refractivity contribution in [1.29, 1.82) is 10.9 Å². The summed E-state index contributed by atoms with van der Waals surface area (Å²) in [6, 6.07) is 0. The van der Waals surface area contributed by atoms with Gasteiger partial charge in [-0.05, 0) is 6.92 Å². The van der Waals surface area contributed by atoms with Gasteiger partial charge in [0.15, 0.2) is 0 Å². The highest BCUT2D eigenvalue weighted by Crippen LogP contribution is 1.62. The Morgan fingerprint density at radius 3 is 2.00 bits per heavy atom. The zero-order valence-electron chi connectivity index (χ0n) is 2.95. The first-order valence-electron chi connectivity index (χ1n) is 1.20. The normalized spacial score (nSPS) is 6.60. The second-order valence-corrected chi connectivity index (χ2v) is 0.697. The lowest BCUT2D eigenvalue weighted by Crippen LogP contribution is -1.71. The van der Waals surface area contributed by atoms with Gasteiger partial charge in [0.25, 0.3) is 0 Å². The van der Waals surface area contributed by atoms with Crippen molar-refractivity contribution in [2.75, 3.05) is 0 Å². The third kappa shape index (κ3) is 3.27. The van der Waals surface area contributed by atoms with E-state index < -0.39 is 0 Å². The molecule has 28 valence electrons. The Morgan fingerprint density at radius 1 is 1.80 bits per heavy atom. The number of amidine groups is 1. The van der Waals surface area contributed by atoms with Crippen molar-refractivity contribution in [1.82, 2.24) is 0 Å². The smallest absolute Gasteiger partial charge is 0.139 e. The van der Waals surface area contributed by atoms with E-state index in [0.717, 1.165) is 0 Å². The summed E-state index contributed by atoms with van der Waals surface area (Å²) in [5.41, 5.74) is 6.06. The SMILES string of the molecule is CC(=N)N=N. The molecule has 0 saturated carbocycles. The molecule has 0 aromatic carbocycles. The fraction of sp³-hybridized carbons (Fsp3) is 0.500. The van der Waals surface area contributed by atoms with E-state index in [1.165, 1.54) is 6.92 Å². The molecule has 0 aliphatic carbocycles. The summed E-state index contributed by atoms with van der Waals surface area (Å²) in [5.74, 6) is 0.0463. The van der Waals surface area contributed by atoms with E-state index in [-0.39, 0.29) is 5.84 Å². The molecular weight excluding hydrogens is 66.0 g/mol. The van der Waals surface area contributed by atoms with Crippen LogP contribution >= 0.6 is 0 Å². The molecule has 0 heterocycles. The van der Waals surface area contributed by atoms with Crippen LogP contribution in [-0.4, -0.2) is 5.84 Å². The van der Waals surface area contributed by atoms with Crippen LogP contribution in [0.2, 0.25) is 0 Å². The van der Waals surface area contributed by atoms with Crippen molar-refractivity contribution in [2.24, 2.45) is 5.11 Å². The molecular formula is C2H5N3. The Hall–Kier alpha value is -0.730. The van der Waals surface area contributed by atoms with Crippen molar-refractivity contribution >= 4 is 5.84 Å². The summed E-state index contributed by atoms with van der Waals surface area (Å²) < 4.78 is 0. The van der Waals surface area contributed by atoms with E-state index in [1.807, 2.05) is 0 Å². The van der Waals surface area contributed by atoms with Crippen LogP contribution in [0.1, 0.15) is 6.92 Å². The van der Waals surface area contributed by atoms with Gasteiger partial charge in [0, 0.05) is 0 Å². The highest BCUT2D eigenvalue weighted by atomic mass is 15.0. The van der Waals surface area contributed by atoms with Crippen LogP contribution in [-0.2, 0) is 0 Å². The maximum absolute atomic E-state index is 6.39. The number of hydrogen-bond acceptors (Lipinski definition) is 2. The first-order valence-corrected chi connectivity index (χ1v) is 1.20. The van der Waals surface area contributed by atoms with E-state index in [9.17, 15) is 0 Å². The first kappa shape index (κ1) is 4.27. The Bertz CT molecular complexity index is 55.9. The van der Waals surface area contributed by atoms with E-state index in [2.05, 4.69) is 5.11 Å². The molecule has 0 aromatic rings. The Balaban J connectivity index is 3.20. The van der Waals surface area contributed by atoms with Crippen LogP contribution in [0.25, 0.3) is 0 Å². The summed E-state index contributed by atoms with van der Waals surface area (Å²) in [6.07, 6.45) is 0. The highest BCUT2D eigenvalue weighted by molar-refractivity contribution is 5.75. The lowest BCUT2D eigenvalue weighted by atomic mass is 10.7. The fourth-order valence-corrected chi connectivity index (χ4v) is 0. The van der Waals surface area contributed by atoms with Crippen LogP contribution < -0.4 is 0 Å². The lowest BCUT2D eigenvalue weighted by Gasteiger charge is -1.67. The molecule has 0 spiro atoms. The summed E-state index contributed by atoms with van der Waals surface area (Å²) >= 11 is 0. The van der Waals surface area contributed by atoms with Crippen molar-refractivity contribution in [2.45, 2.75) is 6.92 Å². The second-order valence-electron chi connectivity index (χ2n) is 0.697. The van der Waals surface area contributed by atoms with Gasteiger partial charge in [0.2, 0.25) is 0 Å². The molecule has 0 aromatic heterocycles. The molecule has 3 nitrogen and oxygen atoms in total. The largest absolute Gasteiger partial charge is 0.285 e. The predicted octanol–water partition coefficient (Wildman–Crippen LogP) is 1.01. The molecule has 0 amide bonds. The van der Waals surface area contributed by atoms with Gasteiger partial charge in [-0.15, -0.1) is 5.11 Å². The van der Waals surface area contributed by atoms with E-state index in [4.69, 9.17) is 10.9 Å². The van der Waals surface area contributed by atoms with Gasteiger partial charge in [-0.3, -0.25) is 5.41 Å². The average molecular weight is 71.1 g/mol. The Morgan fingerprint density at radius 2 is 2.00 bits per heavy atom. The zero-order chi connectivity index (χ0) is 4.28. The topological polar surface area (TPSA) is 60.1 Å².